The predicted octanol–water partition coefficient (Wildman–Crippen LogP) is 2.87. The fraction of sp³-hybridized carbons (Fsp3) is 0.400. The minimum absolute atomic E-state index is 0.369. The zero-order chi connectivity index (χ0) is 10.7. The van der Waals surface area contributed by atoms with Gasteiger partial charge in [-0.05, 0) is 24.1 Å². The lowest BCUT2D eigenvalue weighted by molar-refractivity contribution is 0.140. The predicted molar refractivity (Wildman–Crippen MR) is 62.4 cm³/mol. The molecule has 0 amide bonds. The largest absolute Gasteiger partial charge is 0.391 e. The minimum atomic E-state index is -0.521. The lowest BCUT2D eigenvalue weighted by Crippen LogP contribution is -2.25. The number of hydrogen-bond acceptors (Lipinski definition) is 2. The molecule has 1 aromatic rings. The molecule has 0 spiro atoms. The summed E-state index contributed by atoms with van der Waals surface area (Å²) in [7, 11) is 0. The Balaban J connectivity index is 2.95. The Kier molecular flexibility index (Phi) is 4.38. The van der Waals surface area contributed by atoms with Crippen LogP contribution < -0.4 is 5.73 Å². The third-order valence-electron chi connectivity index (χ3n) is 2.15. The van der Waals surface area contributed by atoms with Gasteiger partial charge >= 0.3 is 0 Å². The number of halogens is 2. The van der Waals surface area contributed by atoms with Crippen molar-refractivity contribution in [2.75, 3.05) is 0 Å². The maximum atomic E-state index is 9.59. The molecule has 0 bridgehead atoms. The average molecular weight is 279 g/mol. The second-order valence-corrected chi connectivity index (χ2v) is 4.46. The molecule has 2 atom stereocenters. The molecule has 0 aliphatic heterocycles. The molecule has 0 heterocycles. The summed E-state index contributed by atoms with van der Waals surface area (Å²) < 4.78 is 0.838. The summed E-state index contributed by atoms with van der Waals surface area (Å²) in [5, 5.41) is 10.2. The molecular formula is C10H13BrClNO. The standard InChI is InChI=1S/C10H13BrClNO/c1-2-9(14)10(13)7-4-3-6(12)5-8(7)11/h3-5,9-10,14H,2,13H2,1H3/t9-,10+/m1/s1. The number of hydrogen-bond donors (Lipinski definition) is 2. The third-order valence-corrected chi connectivity index (χ3v) is 3.08. The fourth-order valence-corrected chi connectivity index (χ4v) is 2.18. The van der Waals surface area contributed by atoms with Gasteiger partial charge in [0.05, 0.1) is 12.1 Å². The maximum Gasteiger partial charge on any atom is 0.0730 e. The molecule has 0 aromatic heterocycles. The number of rotatable bonds is 3. The Morgan fingerprint density at radius 3 is 2.71 bits per heavy atom. The first-order valence-corrected chi connectivity index (χ1v) is 5.62. The molecule has 4 heteroatoms. The summed E-state index contributed by atoms with van der Waals surface area (Å²) in [6, 6.07) is 5.01. The van der Waals surface area contributed by atoms with Crippen LogP contribution in [0, 0.1) is 0 Å². The second-order valence-electron chi connectivity index (χ2n) is 3.17. The topological polar surface area (TPSA) is 46.2 Å². The zero-order valence-electron chi connectivity index (χ0n) is 7.87. The van der Waals surface area contributed by atoms with Crippen LogP contribution in [0.4, 0.5) is 0 Å². The normalized spacial score (nSPS) is 15.2. The second kappa shape index (κ2) is 5.12. The SMILES string of the molecule is CC[C@@H](O)[C@@H](N)c1ccc(Cl)cc1Br. The van der Waals surface area contributed by atoms with E-state index in [2.05, 4.69) is 15.9 Å². The Hall–Kier alpha value is -0.0900. The van der Waals surface area contributed by atoms with E-state index in [9.17, 15) is 5.11 Å². The molecule has 0 fully saturated rings. The molecule has 0 aliphatic carbocycles. The molecule has 1 rings (SSSR count). The van der Waals surface area contributed by atoms with Gasteiger partial charge in [-0.3, -0.25) is 0 Å². The first-order chi connectivity index (χ1) is 6.56. The molecule has 14 heavy (non-hydrogen) atoms. The smallest absolute Gasteiger partial charge is 0.0730 e. The number of nitrogens with two attached hydrogens (primary N) is 1. The van der Waals surface area contributed by atoms with E-state index < -0.39 is 6.10 Å². The highest BCUT2D eigenvalue weighted by Gasteiger charge is 2.17. The van der Waals surface area contributed by atoms with Crippen LogP contribution in [0.3, 0.4) is 0 Å². The average Bonchev–Trinajstić information content (AvgIpc) is 2.15. The van der Waals surface area contributed by atoms with E-state index in [4.69, 9.17) is 17.3 Å². The summed E-state index contributed by atoms with van der Waals surface area (Å²) >= 11 is 9.17. The van der Waals surface area contributed by atoms with Crippen molar-refractivity contribution in [2.24, 2.45) is 5.73 Å². The number of benzene rings is 1. The summed E-state index contributed by atoms with van der Waals surface area (Å²) in [5.41, 5.74) is 6.76. The van der Waals surface area contributed by atoms with Gasteiger partial charge < -0.3 is 10.8 Å². The maximum absolute atomic E-state index is 9.59. The van der Waals surface area contributed by atoms with Crippen molar-refractivity contribution < 1.29 is 5.11 Å². The van der Waals surface area contributed by atoms with Crippen molar-refractivity contribution >= 4 is 27.5 Å². The zero-order valence-corrected chi connectivity index (χ0v) is 10.2. The first kappa shape index (κ1) is 12.0. The van der Waals surface area contributed by atoms with Gasteiger partial charge in [0.2, 0.25) is 0 Å². The van der Waals surface area contributed by atoms with Gasteiger partial charge in [-0.25, -0.2) is 0 Å². The van der Waals surface area contributed by atoms with Gasteiger partial charge in [0.25, 0.3) is 0 Å². The molecule has 0 saturated heterocycles. The molecule has 3 N–H and O–H groups in total. The van der Waals surface area contributed by atoms with Crippen LogP contribution >= 0.6 is 27.5 Å². The van der Waals surface area contributed by atoms with Gasteiger partial charge in [0, 0.05) is 9.50 Å². The van der Waals surface area contributed by atoms with E-state index >= 15 is 0 Å². The van der Waals surface area contributed by atoms with E-state index in [1.54, 1.807) is 12.1 Å². The Morgan fingerprint density at radius 1 is 1.57 bits per heavy atom. The van der Waals surface area contributed by atoms with Crippen LogP contribution in [0.5, 0.6) is 0 Å². The van der Waals surface area contributed by atoms with E-state index in [0.717, 1.165) is 10.0 Å². The van der Waals surface area contributed by atoms with Crippen LogP contribution in [0.25, 0.3) is 0 Å². The van der Waals surface area contributed by atoms with Gasteiger partial charge in [-0.2, -0.15) is 0 Å². The van der Waals surface area contributed by atoms with Crippen molar-refractivity contribution in [3.63, 3.8) is 0 Å². The fourth-order valence-electron chi connectivity index (χ4n) is 1.23. The Labute approximate surface area is 97.2 Å². The van der Waals surface area contributed by atoms with Crippen LogP contribution in [0.15, 0.2) is 22.7 Å². The lowest BCUT2D eigenvalue weighted by atomic mass is 10.0. The molecule has 78 valence electrons. The van der Waals surface area contributed by atoms with Crippen LogP contribution in [-0.4, -0.2) is 11.2 Å². The molecule has 2 nitrogen and oxygen atoms in total. The molecular weight excluding hydrogens is 265 g/mol. The summed E-state index contributed by atoms with van der Waals surface area (Å²) in [4.78, 5) is 0. The van der Waals surface area contributed by atoms with Crippen LogP contribution in [-0.2, 0) is 0 Å². The van der Waals surface area contributed by atoms with Gasteiger partial charge in [0.1, 0.15) is 0 Å². The number of aliphatic hydroxyl groups excluding tert-OH is 1. The first-order valence-electron chi connectivity index (χ1n) is 4.44. The van der Waals surface area contributed by atoms with E-state index in [0.29, 0.717) is 11.4 Å². The van der Waals surface area contributed by atoms with Gasteiger partial charge in [-0.15, -0.1) is 0 Å². The van der Waals surface area contributed by atoms with Crippen molar-refractivity contribution in [2.45, 2.75) is 25.5 Å². The van der Waals surface area contributed by atoms with Gasteiger partial charge in [0.15, 0.2) is 0 Å². The van der Waals surface area contributed by atoms with Gasteiger partial charge in [-0.1, -0.05) is 40.5 Å². The molecule has 0 aliphatic rings. The minimum Gasteiger partial charge on any atom is -0.391 e. The molecule has 0 radical (unpaired) electrons. The van der Waals surface area contributed by atoms with Crippen LogP contribution in [0.2, 0.25) is 5.02 Å². The van der Waals surface area contributed by atoms with Crippen molar-refractivity contribution in [1.82, 2.24) is 0 Å². The van der Waals surface area contributed by atoms with E-state index in [1.807, 2.05) is 13.0 Å². The summed E-state index contributed by atoms with van der Waals surface area (Å²) in [5.74, 6) is 0. The van der Waals surface area contributed by atoms with Crippen molar-refractivity contribution in [3.05, 3.63) is 33.3 Å². The van der Waals surface area contributed by atoms with Crippen LogP contribution in [0.1, 0.15) is 24.9 Å². The van der Waals surface area contributed by atoms with E-state index in [1.165, 1.54) is 0 Å². The Morgan fingerprint density at radius 2 is 2.21 bits per heavy atom. The quantitative estimate of drug-likeness (QED) is 0.893. The lowest BCUT2D eigenvalue weighted by Gasteiger charge is -2.18. The monoisotopic (exact) mass is 277 g/mol. The molecule has 0 saturated carbocycles. The Bertz CT molecular complexity index is 319. The molecule has 1 aromatic carbocycles. The molecule has 0 unspecified atom stereocenters. The summed E-state index contributed by atoms with van der Waals surface area (Å²) in [6.07, 6.45) is 0.114. The highest BCUT2D eigenvalue weighted by atomic mass is 79.9. The number of aliphatic hydroxyl groups is 1. The van der Waals surface area contributed by atoms with Crippen molar-refractivity contribution in [1.29, 1.82) is 0 Å². The summed E-state index contributed by atoms with van der Waals surface area (Å²) in [6.45, 7) is 1.90. The highest BCUT2D eigenvalue weighted by molar-refractivity contribution is 9.10. The third kappa shape index (κ3) is 2.70. The van der Waals surface area contributed by atoms with E-state index in [-0.39, 0.29) is 6.04 Å². The van der Waals surface area contributed by atoms with Crippen molar-refractivity contribution in [3.8, 4) is 0 Å². The highest BCUT2D eigenvalue weighted by Crippen LogP contribution is 2.27.